The second-order valence-electron chi connectivity index (χ2n) is 4.05. The number of benzene rings is 2. The molecule has 0 amide bonds. The molecule has 0 atom stereocenters. The Hall–Kier alpha value is -1.80. The Morgan fingerprint density at radius 2 is 1.94 bits per heavy atom. The number of fused-ring (bicyclic) bond motifs is 1. The fourth-order valence-electron chi connectivity index (χ4n) is 1.89. The summed E-state index contributed by atoms with van der Waals surface area (Å²) in [6.45, 7) is 1.99. The number of halogens is 1. The molecular formula is C14H11ClN2. The van der Waals surface area contributed by atoms with Crippen LogP contribution in [0.4, 0.5) is 0 Å². The smallest absolute Gasteiger partial charge is 0.0741 e. The average Bonchev–Trinajstić information content (AvgIpc) is 2.76. The van der Waals surface area contributed by atoms with E-state index in [0.29, 0.717) is 0 Å². The molecule has 0 aliphatic rings. The Bertz CT molecular complexity index is 686. The third-order valence-electron chi connectivity index (χ3n) is 2.88. The monoisotopic (exact) mass is 242 g/mol. The molecule has 2 nitrogen and oxygen atoms in total. The number of hydrogen-bond donors (Lipinski definition) is 0. The zero-order chi connectivity index (χ0) is 11.8. The molecule has 0 N–H and O–H groups in total. The SMILES string of the molecule is Cc1ccc(-n2ncc3ccccc32)cc1Cl. The van der Waals surface area contributed by atoms with Crippen molar-refractivity contribution in [1.82, 2.24) is 9.78 Å². The van der Waals surface area contributed by atoms with Gasteiger partial charge >= 0.3 is 0 Å². The van der Waals surface area contributed by atoms with Crippen molar-refractivity contribution in [3.05, 3.63) is 59.2 Å². The van der Waals surface area contributed by atoms with Crippen molar-refractivity contribution in [3.63, 3.8) is 0 Å². The van der Waals surface area contributed by atoms with E-state index in [1.807, 2.05) is 48.1 Å². The van der Waals surface area contributed by atoms with Crippen LogP contribution in [0.25, 0.3) is 16.6 Å². The summed E-state index contributed by atoms with van der Waals surface area (Å²) in [5.74, 6) is 0. The van der Waals surface area contributed by atoms with Gasteiger partial charge in [0.2, 0.25) is 0 Å². The lowest BCUT2D eigenvalue weighted by Gasteiger charge is -2.05. The van der Waals surface area contributed by atoms with E-state index in [1.54, 1.807) is 0 Å². The largest absolute Gasteiger partial charge is 0.233 e. The summed E-state index contributed by atoms with van der Waals surface area (Å²) in [7, 11) is 0. The lowest BCUT2D eigenvalue weighted by molar-refractivity contribution is 0.910. The molecule has 0 unspecified atom stereocenters. The first-order chi connectivity index (χ1) is 8.25. The van der Waals surface area contributed by atoms with Gasteiger partial charge in [-0.25, -0.2) is 4.68 Å². The van der Waals surface area contributed by atoms with Crippen molar-refractivity contribution in [2.75, 3.05) is 0 Å². The minimum atomic E-state index is 0.766. The molecule has 0 bridgehead atoms. The summed E-state index contributed by atoms with van der Waals surface area (Å²) < 4.78 is 1.90. The fourth-order valence-corrected chi connectivity index (χ4v) is 2.07. The van der Waals surface area contributed by atoms with Gasteiger partial charge in [-0.15, -0.1) is 0 Å². The van der Waals surface area contributed by atoms with Gasteiger partial charge in [0.25, 0.3) is 0 Å². The Labute approximate surface area is 104 Å². The molecule has 3 aromatic rings. The van der Waals surface area contributed by atoms with Gasteiger partial charge in [0.15, 0.2) is 0 Å². The van der Waals surface area contributed by atoms with Crippen LogP contribution in [0.5, 0.6) is 0 Å². The minimum Gasteiger partial charge on any atom is -0.233 e. The summed E-state index contributed by atoms with van der Waals surface area (Å²) in [5.41, 5.74) is 3.15. The molecule has 0 spiro atoms. The van der Waals surface area contributed by atoms with E-state index in [1.165, 1.54) is 0 Å². The molecule has 3 heteroatoms. The first-order valence-corrected chi connectivity index (χ1v) is 5.83. The third-order valence-corrected chi connectivity index (χ3v) is 3.28. The van der Waals surface area contributed by atoms with Crippen molar-refractivity contribution >= 4 is 22.5 Å². The molecule has 0 radical (unpaired) electrons. The second kappa shape index (κ2) is 3.90. The van der Waals surface area contributed by atoms with E-state index in [-0.39, 0.29) is 0 Å². The molecule has 3 rings (SSSR count). The van der Waals surface area contributed by atoms with Gasteiger partial charge < -0.3 is 0 Å². The van der Waals surface area contributed by atoms with Crippen LogP contribution in [0.2, 0.25) is 5.02 Å². The third kappa shape index (κ3) is 1.71. The van der Waals surface area contributed by atoms with Gasteiger partial charge in [-0.3, -0.25) is 0 Å². The molecule has 1 heterocycles. The standard InChI is InChI=1S/C14H11ClN2/c1-10-6-7-12(8-13(10)15)17-14-5-3-2-4-11(14)9-16-17/h2-9H,1H3. The summed E-state index contributed by atoms with van der Waals surface area (Å²) in [6, 6.07) is 14.1. The summed E-state index contributed by atoms with van der Waals surface area (Å²) >= 11 is 6.14. The van der Waals surface area contributed by atoms with Crippen LogP contribution in [-0.4, -0.2) is 9.78 Å². The lowest BCUT2D eigenvalue weighted by Crippen LogP contribution is -1.95. The van der Waals surface area contributed by atoms with Crippen LogP contribution in [0.15, 0.2) is 48.7 Å². The van der Waals surface area contributed by atoms with E-state index in [2.05, 4.69) is 17.2 Å². The number of hydrogen-bond acceptors (Lipinski definition) is 1. The van der Waals surface area contributed by atoms with Gasteiger partial charge in [0, 0.05) is 10.4 Å². The topological polar surface area (TPSA) is 17.8 Å². The number of rotatable bonds is 1. The Kier molecular flexibility index (Phi) is 2.37. The van der Waals surface area contributed by atoms with Crippen LogP contribution in [0.1, 0.15) is 5.56 Å². The van der Waals surface area contributed by atoms with Crippen LogP contribution in [0, 0.1) is 6.92 Å². The summed E-state index contributed by atoms with van der Waals surface area (Å²) in [4.78, 5) is 0. The molecule has 0 aliphatic heterocycles. The Morgan fingerprint density at radius 3 is 2.76 bits per heavy atom. The van der Waals surface area contributed by atoms with Crippen molar-refractivity contribution in [2.24, 2.45) is 0 Å². The fraction of sp³-hybridized carbons (Fsp3) is 0.0714. The van der Waals surface area contributed by atoms with Crippen molar-refractivity contribution in [2.45, 2.75) is 6.92 Å². The van der Waals surface area contributed by atoms with Crippen molar-refractivity contribution in [3.8, 4) is 5.69 Å². The van der Waals surface area contributed by atoms with Crippen LogP contribution >= 0.6 is 11.6 Å². The van der Waals surface area contributed by atoms with Gasteiger partial charge in [0.05, 0.1) is 17.4 Å². The number of para-hydroxylation sites is 1. The lowest BCUT2D eigenvalue weighted by atomic mass is 10.2. The highest BCUT2D eigenvalue weighted by molar-refractivity contribution is 6.31. The molecule has 2 aromatic carbocycles. The highest BCUT2D eigenvalue weighted by atomic mass is 35.5. The van der Waals surface area contributed by atoms with E-state index < -0.39 is 0 Å². The predicted octanol–water partition coefficient (Wildman–Crippen LogP) is 3.99. The van der Waals surface area contributed by atoms with Gasteiger partial charge in [-0.1, -0.05) is 35.9 Å². The normalized spacial score (nSPS) is 10.9. The Morgan fingerprint density at radius 1 is 1.12 bits per heavy atom. The minimum absolute atomic E-state index is 0.766. The molecular weight excluding hydrogens is 232 g/mol. The van der Waals surface area contributed by atoms with Crippen LogP contribution in [-0.2, 0) is 0 Å². The zero-order valence-electron chi connectivity index (χ0n) is 9.39. The highest BCUT2D eigenvalue weighted by Crippen LogP contribution is 2.22. The van der Waals surface area contributed by atoms with Gasteiger partial charge in [0.1, 0.15) is 0 Å². The van der Waals surface area contributed by atoms with E-state index in [0.717, 1.165) is 27.2 Å². The summed E-state index contributed by atoms with van der Waals surface area (Å²) in [5, 5.41) is 6.29. The molecule has 0 aliphatic carbocycles. The number of aromatic nitrogens is 2. The molecule has 0 saturated carbocycles. The van der Waals surface area contributed by atoms with Crippen molar-refractivity contribution < 1.29 is 0 Å². The van der Waals surface area contributed by atoms with E-state index >= 15 is 0 Å². The van der Waals surface area contributed by atoms with E-state index in [4.69, 9.17) is 11.6 Å². The maximum atomic E-state index is 6.14. The first-order valence-electron chi connectivity index (χ1n) is 5.45. The highest BCUT2D eigenvalue weighted by Gasteiger charge is 2.05. The first kappa shape index (κ1) is 10.4. The molecule has 0 fully saturated rings. The Balaban J connectivity index is 2.24. The zero-order valence-corrected chi connectivity index (χ0v) is 10.1. The van der Waals surface area contributed by atoms with Crippen LogP contribution < -0.4 is 0 Å². The second-order valence-corrected chi connectivity index (χ2v) is 4.46. The van der Waals surface area contributed by atoms with Crippen LogP contribution in [0.3, 0.4) is 0 Å². The average molecular weight is 243 g/mol. The van der Waals surface area contributed by atoms with Gasteiger partial charge in [-0.05, 0) is 30.7 Å². The molecule has 84 valence electrons. The quantitative estimate of drug-likeness (QED) is 0.631. The maximum Gasteiger partial charge on any atom is 0.0741 e. The van der Waals surface area contributed by atoms with E-state index in [9.17, 15) is 0 Å². The molecule has 17 heavy (non-hydrogen) atoms. The van der Waals surface area contributed by atoms with Crippen molar-refractivity contribution in [1.29, 1.82) is 0 Å². The molecule has 1 aromatic heterocycles. The maximum absolute atomic E-state index is 6.14. The predicted molar refractivity (Wildman–Crippen MR) is 70.8 cm³/mol. The van der Waals surface area contributed by atoms with Gasteiger partial charge in [-0.2, -0.15) is 5.10 Å². The summed E-state index contributed by atoms with van der Waals surface area (Å²) in [6.07, 6.45) is 1.86. The number of nitrogens with zero attached hydrogens (tertiary/aromatic N) is 2. The number of aryl methyl sites for hydroxylation is 1. The molecule has 0 saturated heterocycles.